The topological polar surface area (TPSA) is 77.1 Å². The van der Waals surface area contributed by atoms with Gasteiger partial charge in [-0.05, 0) is 117 Å². The SMILES string of the molecule is C[Si](C)(C)Oc1ccc([C@@H](Nc2ccc(F)cc2)[C@H](CC[C@H](O[Si](C)(C)C)c2ccc(F)cc2)C(=O)N2C(=O)OC[C@H]2c2ccccc2)cc1. The molecule has 264 valence electrons. The van der Waals surface area contributed by atoms with Crippen LogP contribution >= 0.6 is 0 Å². The zero-order chi connectivity index (χ0) is 36.1. The molecule has 0 radical (unpaired) electrons. The number of anilines is 1. The number of carbonyl (C=O) groups is 2. The molecule has 0 aromatic heterocycles. The summed E-state index contributed by atoms with van der Waals surface area (Å²) >= 11 is 0. The van der Waals surface area contributed by atoms with Gasteiger partial charge in [0.1, 0.15) is 30.0 Å². The Balaban J connectivity index is 1.58. The van der Waals surface area contributed by atoms with E-state index in [1.807, 2.05) is 54.6 Å². The molecular weight excluding hydrogens is 671 g/mol. The molecule has 0 unspecified atom stereocenters. The fourth-order valence-electron chi connectivity index (χ4n) is 6.16. The second kappa shape index (κ2) is 15.7. The summed E-state index contributed by atoms with van der Waals surface area (Å²) in [4.78, 5) is 29.6. The molecule has 1 saturated heterocycles. The van der Waals surface area contributed by atoms with E-state index in [4.69, 9.17) is 13.6 Å². The largest absolute Gasteiger partial charge is 0.544 e. The molecule has 4 aromatic rings. The zero-order valence-corrected chi connectivity index (χ0v) is 31.5. The van der Waals surface area contributed by atoms with E-state index in [0.29, 0.717) is 18.5 Å². The van der Waals surface area contributed by atoms with Gasteiger partial charge in [-0.3, -0.25) is 4.79 Å². The molecule has 4 aromatic carbocycles. The van der Waals surface area contributed by atoms with E-state index < -0.39 is 52.7 Å². The molecule has 0 aliphatic carbocycles. The van der Waals surface area contributed by atoms with E-state index in [2.05, 4.69) is 44.6 Å². The molecule has 11 heteroatoms. The van der Waals surface area contributed by atoms with Crippen LogP contribution in [0.5, 0.6) is 5.75 Å². The Morgan fingerprint density at radius 3 is 1.96 bits per heavy atom. The van der Waals surface area contributed by atoms with E-state index in [1.165, 1.54) is 29.2 Å². The lowest BCUT2D eigenvalue weighted by atomic mass is 9.85. The number of cyclic esters (lactones) is 1. The highest BCUT2D eigenvalue weighted by molar-refractivity contribution is 6.70. The third-order valence-electron chi connectivity index (χ3n) is 8.32. The van der Waals surface area contributed by atoms with Crippen molar-refractivity contribution < 1.29 is 32.0 Å². The van der Waals surface area contributed by atoms with Gasteiger partial charge >= 0.3 is 6.09 Å². The summed E-state index contributed by atoms with van der Waals surface area (Å²) < 4.78 is 46.3. The Kier molecular flexibility index (Phi) is 11.6. The van der Waals surface area contributed by atoms with Gasteiger partial charge in [-0.15, -0.1) is 0 Å². The normalized spacial score (nSPS) is 16.8. The van der Waals surface area contributed by atoms with Crippen molar-refractivity contribution >= 4 is 34.3 Å². The second-order valence-electron chi connectivity index (χ2n) is 14.6. The van der Waals surface area contributed by atoms with Gasteiger partial charge in [-0.25, -0.2) is 18.5 Å². The van der Waals surface area contributed by atoms with Crippen molar-refractivity contribution in [3.05, 3.63) is 131 Å². The summed E-state index contributed by atoms with van der Waals surface area (Å²) in [5.41, 5.74) is 2.98. The monoisotopic (exact) mass is 716 g/mol. The van der Waals surface area contributed by atoms with E-state index in [0.717, 1.165) is 22.4 Å². The lowest BCUT2D eigenvalue weighted by molar-refractivity contribution is -0.134. The number of halogens is 2. The van der Waals surface area contributed by atoms with Gasteiger partial charge in [-0.1, -0.05) is 54.6 Å². The van der Waals surface area contributed by atoms with Gasteiger partial charge < -0.3 is 18.9 Å². The minimum atomic E-state index is -2.12. The number of imide groups is 1. The Morgan fingerprint density at radius 1 is 0.800 bits per heavy atom. The predicted octanol–water partition coefficient (Wildman–Crippen LogP) is 10.0. The number of carbonyl (C=O) groups excluding carboxylic acids is 2. The maximum absolute atomic E-state index is 15.0. The standard InChI is InChI=1S/C39H46F2N2O5Si2/c1-49(2,3)47-33-22-14-29(15-23-33)37(42-32-20-18-31(41)19-21-32)34(24-25-36(48-50(4,5)6)28-12-16-30(40)17-13-28)38(44)43-35(26-46-39(43)45)27-10-8-7-9-11-27/h7-23,34-37,42H,24-26H2,1-6H3/t34-,35-,36-,37+/m0/s1. The number of rotatable bonds is 14. The van der Waals surface area contributed by atoms with Crippen molar-refractivity contribution in [1.29, 1.82) is 0 Å². The molecule has 1 aliphatic rings. The molecule has 7 nitrogen and oxygen atoms in total. The molecule has 1 heterocycles. The maximum Gasteiger partial charge on any atom is 0.417 e. The van der Waals surface area contributed by atoms with Gasteiger partial charge in [0.2, 0.25) is 14.2 Å². The summed E-state index contributed by atoms with van der Waals surface area (Å²) in [6.07, 6.45) is -0.430. The third kappa shape index (κ3) is 9.89. The molecule has 2 amide bonds. The smallest absolute Gasteiger partial charge is 0.417 e. The first-order chi connectivity index (χ1) is 23.7. The number of ether oxygens (including phenoxy) is 1. The van der Waals surface area contributed by atoms with Crippen LogP contribution in [0.1, 0.15) is 47.7 Å². The van der Waals surface area contributed by atoms with Crippen LogP contribution in [0.3, 0.4) is 0 Å². The molecule has 0 spiro atoms. The van der Waals surface area contributed by atoms with E-state index in [-0.39, 0.29) is 18.2 Å². The van der Waals surface area contributed by atoms with Crippen molar-refractivity contribution in [2.24, 2.45) is 5.92 Å². The van der Waals surface area contributed by atoms with E-state index >= 15 is 0 Å². The third-order valence-corrected chi connectivity index (χ3v) is 10.2. The first kappa shape index (κ1) is 36.9. The van der Waals surface area contributed by atoms with Crippen molar-refractivity contribution in [3.8, 4) is 5.75 Å². The number of nitrogens with one attached hydrogen (secondary N) is 1. The quantitative estimate of drug-likeness (QED) is 0.131. The molecule has 1 N–H and O–H groups in total. The lowest BCUT2D eigenvalue weighted by Gasteiger charge is -2.34. The van der Waals surface area contributed by atoms with Gasteiger partial charge in [0.05, 0.1) is 18.1 Å². The van der Waals surface area contributed by atoms with Crippen LogP contribution in [0.4, 0.5) is 19.3 Å². The number of hydrogen-bond donors (Lipinski definition) is 1. The zero-order valence-electron chi connectivity index (χ0n) is 29.5. The Hall–Kier alpha value is -4.33. The number of benzene rings is 4. The van der Waals surface area contributed by atoms with Gasteiger partial charge in [0.25, 0.3) is 0 Å². The molecule has 5 rings (SSSR count). The molecule has 50 heavy (non-hydrogen) atoms. The van der Waals surface area contributed by atoms with Crippen molar-refractivity contribution in [3.63, 3.8) is 0 Å². The average Bonchev–Trinajstić information content (AvgIpc) is 3.45. The molecule has 1 fully saturated rings. The lowest BCUT2D eigenvalue weighted by Crippen LogP contribution is -2.42. The second-order valence-corrected chi connectivity index (χ2v) is 23.5. The summed E-state index contributed by atoms with van der Waals surface area (Å²) in [6.45, 7) is 12.6. The van der Waals surface area contributed by atoms with Gasteiger partial charge in [0.15, 0.2) is 8.32 Å². The Morgan fingerprint density at radius 2 is 1.38 bits per heavy atom. The first-order valence-corrected chi connectivity index (χ1v) is 23.8. The molecule has 4 atom stereocenters. The van der Waals surface area contributed by atoms with Crippen molar-refractivity contribution in [2.45, 2.75) is 70.3 Å². The van der Waals surface area contributed by atoms with Crippen LogP contribution in [0.2, 0.25) is 39.3 Å². The van der Waals surface area contributed by atoms with Crippen LogP contribution in [0.25, 0.3) is 0 Å². The average molecular weight is 717 g/mol. The summed E-state index contributed by atoms with van der Waals surface area (Å²) in [5.74, 6) is -1.23. The fourth-order valence-corrected chi connectivity index (χ4v) is 8.12. The van der Waals surface area contributed by atoms with Crippen LogP contribution in [-0.4, -0.2) is 40.1 Å². The molecule has 1 aliphatic heterocycles. The Bertz CT molecular complexity index is 1730. The first-order valence-electron chi connectivity index (χ1n) is 17.0. The van der Waals surface area contributed by atoms with Gasteiger partial charge in [0, 0.05) is 5.69 Å². The highest BCUT2D eigenvalue weighted by Gasteiger charge is 2.44. The summed E-state index contributed by atoms with van der Waals surface area (Å²) in [5, 5.41) is 3.50. The number of amides is 2. The molecular formula is C39H46F2N2O5Si2. The highest BCUT2D eigenvalue weighted by atomic mass is 28.4. The van der Waals surface area contributed by atoms with Crippen molar-refractivity contribution in [2.75, 3.05) is 11.9 Å². The minimum absolute atomic E-state index is 0.0387. The highest BCUT2D eigenvalue weighted by Crippen LogP contribution is 2.39. The van der Waals surface area contributed by atoms with Crippen LogP contribution in [0, 0.1) is 17.6 Å². The maximum atomic E-state index is 15.0. The van der Waals surface area contributed by atoms with Gasteiger partial charge in [-0.2, -0.15) is 0 Å². The van der Waals surface area contributed by atoms with Crippen LogP contribution in [0.15, 0.2) is 103 Å². The van der Waals surface area contributed by atoms with Crippen LogP contribution < -0.4 is 9.74 Å². The number of hydrogen-bond acceptors (Lipinski definition) is 6. The fraction of sp³-hybridized carbons (Fsp3) is 0.333. The van der Waals surface area contributed by atoms with Crippen LogP contribution in [-0.2, 0) is 14.0 Å². The van der Waals surface area contributed by atoms with E-state index in [1.54, 1.807) is 24.3 Å². The van der Waals surface area contributed by atoms with E-state index in [9.17, 15) is 18.4 Å². The summed E-state index contributed by atoms with van der Waals surface area (Å²) in [6, 6.07) is 27.9. The Labute approximate surface area is 295 Å². The van der Waals surface area contributed by atoms with Crippen molar-refractivity contribution in [1.82, 2.24) is 4.90 Å². The molecule has 0 bridgehead atoms. The molecule has 0 saturated carbocycles. The predicted molar refractivity (Wildman–Crippen MR) is 197 cm³/mol. The number of nitrogens with zero attached hydrogens (tertiary/aromatic N) is 1. The summed E-state index contributed by atoms with van der Waals surface area (Å²) in [7, 11) is -4.01. The minimum Gasteiger partial charge on any atom is -0.544 e.